The molecule has 1 rings (SSSR count). The van der Waals surface area contributed by atoms with Crippen LogP contribution in [0, 0.1) is 0 Å². The highest BCUT2D eigenvalue weighted by Gasteiger charge is 2.31. The van der Waals surface area contributed by atoms with Crippen molar-refractivity contribution >= 4 is 16.0 Å². The molecule has 1 N–H and O–H groups in total. The van der Waals surface area contributed by atoms with E-state index in [0.29, 0.717) is 19.6 Å². The Balaban J connectivity index is 2.65. The average Bonchev–Trinajstić information content (AvgIpc) is 2.17. The van der Waals surface area contributed by atoms with Crippen molar-refractivity contribution in [1.29, 1.82) is 0 Å². The van der Waals surface area contributed by atoms with Crippen molar-refractivity contribution < 1.29 is 17.9 Å². The van der Waals surface area contributed by atoms with Crippen molar-refractivity contribution in [3.8, 4) is 0 Å². The average molecular weight is 250 g/mol. The van der Waals surface area contributed by atoms with Gasteiger partial charge in [-0.25, -0.2) is 8.42 Å². The van der Waals surface area contributed by atoms with Gasteiger partial charge < -0.3 is 10.1 Å². The predicted octanol–water partition coefficient (Wildman–Crippen LogP) is -0.827. The number of rotatable bonds is 4. The van der Waals surface area contributed by atoms with E-state index in [2.05, 4.69) is 10.1 Å². The van der Waals surface area contributed by atoms with Gasteiger partial charge in [0.25, 0.3) is 0 Å². The first-order chi connectivity index (χ1) is 7.47. The molecule has 16 heavy (non-hydrogen) atoms. The topological polar surface area (TPSA) is 75.7 Å². The van der Waals surface area contributed by atoms with E-state index >= 15 is 0 Å². The van der Waals surface area contributed by atoms with Gasteiger partial charge in [0.1, 0.15) is 0 Å². The van der Waals surface area contributed by atoms with E-state index < -0.39 is 21.7 Å². The molecule has 0 unspecified atom stereocenters. The molecule has 0 spiro atoms. The second kappa shape index (κ2) is 5.60. The summed E-state index contributed by atoms with van der Waals surface area (Å²) in [5.74, 6) is -1.25. The molecule has 0 amide bonds. The summed E-state index contributed by atoms with van der Waals surface area (Å²) in [6.45, 7) is 5.30. The maximum atomic E-state index is 11.9. The van der Waals surface area contributed by atoms with Crippen molar-refractivity contribution in [2.75, 3.05) is 32.0 Å². The number of nitrogens with zero attached hydrogens (tertiary/aromatic N) is 1. The van der Waals surface area contributed by atoms with Gasteiger partial charge >= 0.3 is 5.97 Å². The molecule has 1 saturated heterocycles. The van der Waals surface area contributed by atoms with Crippen LogP contribution in [0.5, 0.6) is 0 Å². The van der Waals surface area contributed by atoms with Crippen LogP contribution >= 0.6 is 0 Å². The van der Waals surface area contributed by atoms with Crippen LogP contribution in [0.3, 0.4) is 0 Å². The van der Waals surface area contributed by atoms with Gasteiger partial charge in [-0.2, -0.15) is 4.31 Å². The number of esters is 1. The number of hydrogen-bond acceptors (Lipinski definition) is 5. The summed E-state index contributed by atoms with van der Waals surface area (Å²) in [5, 5.41) is 3.09. The molecule has 7 heteroatoms. The SMILES string of the molecule is CCOC(=O)CS(=O)(=O)N1CCNC[C@H]1C. The number of piperazine rings is 1. The molecule has 0 radical (unpaired) electrons. The molecule has 1 aliphatic rings. The zero-order valence-electron chi connectivity index (χ0n) is 9.60. The zero-order chi connectivity index (χ0) is 12.2. The number of nitrogens with one attached hydrogen (secondary N) is 1. The highest BCUT2D eigenvalue weighted by atomic mass is 32.2. The maximum absolute atomic E-state index is 11.9. The van der Waals surface area contributed by atoms with Crippen LogP contribution in [0.2, 0.25) is 0 Å². The molecule has 0 aromatic rings. The molecule has 6 nitrogen and oxygen atoms in total. The smallest absolute Gasteiger partial charge is 0.322 e. The minimum atomic E-state index is -3.54. The Bertz CT molecular complexity index is 341. The van der Waals surface area contributed by atoms with Gasteiger partial charge in [0, 0.05) is 25.7 Å². The van der Waals surface area contributed by atoms with Gasteiger partial charge in [-0.1, -0.05) is 0 Å². The molecule has 1 fully saturated rings. The van der Waals surface area contributed by atoms with Gasteiger partial charge in [-0.3, -0.25) is 4.79 Å². The fraction of sp³-hybridized carbons (Fsp3) is 0.889. The van der Waals surface area contributed by atoms with Gasteiger partial charge in [0.05, 0.1) is 6.61 Å². The Labute approximate surface area is 96.0 Å². The standard InChI is InChI=1S/C9H18N2O4S/c1-3-15-9(12)7-16(13,14)11-5-4-10-6-8(11)2/h8,10H,3-7H2,1-2H3/t8-/m1/s1. The fourth-order valence-electron chi connectivity index (χ4n) is 1.67. The van der Waals surface area contributed by atoms with Crippen molar-refractivity contribution in [2.45, 2.75) is 19.9 Å². The molecule has 0 aliphatic carbocycles. The van der Waals surface area contributed by atoms with Crippen molar-refractivity contribution in [1.82, 2.24) is 9.62 Å². The van der Waals surface area contributed by atoms with Crippen LogP contribution in [-0.2, 0) is 19.6 Å². The maximum Gasteiger partial charge on any atom is 0.322 e. The van der Waals surface area contributed by atoms with E-state index in [9.17, 15) is 13.2 Å². The minimum Gasteiger partial charge on any atom is -0.465 e. The lowest BCUT2D eigenvalue weighted by Crippen LogP contribution is -2.53. The second-order valence-corrected chi connectivity index (χ2v) is 5.65. The summed E-state index contributed by atoms with van der Waals surface area (Å²) in [6, 6.07) is -0.117. The lowest BCUT2D eigenvalue weighted by atomic mass is 10.3. The number of sulfonamides is 1. The third-order valence-corrected chi connectivity index (χ3v) is 4.26. The van der Waals surface area contributed by atoms with Crippen LogP contribution in [0.4, 0.5) is 0 Å². The van der Waals surface area contributed by atoms with Crippen molar-refractivity contribution in [2.24, 2.45) is 0 Å². The van der Waals surface area contributed by atoms with Crippen molar-refractivity contribution in [3.05, 3.63) is 0 Å². The van der Waals surface area contributed by atoms with E-state index in [1.54, 1.807) is 6.92 Å². The molecule has 0 aromatic carbocycles. The third kappa shape index (κ3) is 3.43. The van der Waals surface area contributed by atoms with Crippen molar-refractivity contribution in [3.63, 3.8) is 0 Å². The summed E-state index contributed by atoms with van der Waals surface area (Å²) in [5.41, 5.74) is 0. The number of carbonyl (C=O) groups is 1. The van der Waals surface area contributed by atoms with Crippen LogP contribution in [0.1, 0.15) is 13.8 Å². The van der Waals surface area contributed by atoms with E-state index in [1.807, 2.05) is 6.92 Å². The van der Waals surface area contributed by atoms with Crippen LogP contribution in [-0.4, -0.2) is 56.7 Å². The Kier molecular flexibility index (Phi) is 4.69. The highest BCUT2D eigenvalue weighted by molar-refractivity contribution is 7.89. The van der Waals surface area contributed by atoms with Crippen LogP contribution in [0.15, 0.2) is 0 Å². The normalized spacial score (nSPS) is 23.0. The van der Waals surface area contributed by atoms with E-state index in [0.717, 1.165) is 0 Å². The zero-order valence-corrected chi connectivity index (χ0v) is 10.4. The fourth-order valence-corrected chi connectivity index (χ4v) is 3.21. The molecule has 1 atom stereocenters. The first kappa shape index (κ1) is 13.4. The Morgan fingerprint density at radius 3 is 2.81 bits per heavy atom. The molecule has 0 saturated carbocycles. The van der Waals surface area contributed by atoms with E-state index in [-0.39, 0.29) is 12.6 Å². The Morgan fingerprint density at radius 2 is 2.25 bits per heavy atom. The summed E-state index contributed by atoms with van der Waals surface area (Å²) in [7, 11) is -3.54. The van der Waals surface area contributed by atoms with Crippen LogP contribution < -0.4 is 5.32 Å². The molecule has 0 aromatic heterocycles. The van der Waals surface area contributed by atoms with Gasteiger partial charge in [-0.15, -0.1) is 0 Å². The first-order valence-electron chi connectivity index (χ1n) is 5.33. The number of hydrogen-bond donors (Lipinski definition) is 1. The minimum absolute atomic E-state index is 0.117. The summed E-state index contributed by atoms with van der Waals surface area (Å²) < 4.78 is 29.8. The monoisotopic (exact) mass is 250 g/mol. The van der Waals surface area contributed by atoms with Crippen LogP contribution in [0.25, 0.3) is 0 Å². The molecular weight excluding hydrogens is 232 g/mol. The Morgan fingerprint density at radius 1 is 1.56 bits per heavy atom. The molecule has 1 aliphatic heterocycles. The lowest BCUT2D eigenvalue weighted by Gasteiger charge is -2.32. The molecule has 1 heterocycles. The van der Waals surface area contributed by atoms with Gasteiger partial charge in [0.15, 0.2) is 5.75 Å². The summed E-state index contributed by atoms with van der Waals surface area (Å²) >= 11 is 0. The number of ether oxygens (including phenoxy) is 1. The predicted molar refractivity (Wildman–Crippen MR) is 59.5 cm³/mol. The quantitative estimate of drug-likeness (QED) is 0.659. The Hall–Kier alpha value is -0.660. The van der Waals surface area contributed by atoms with Gasteiger partial charge in [0.2, 0.25) is 10.0 Å². The largest absolute Gasteiger partial charge is 0.465 e. The summed E-state index contributed by atoms with van der Waals surface area (Å²) in [4.78, 5) is 11.2. The van der Waals surface area contributed by atoms with E-state index in [1.165, 1.54) is 4.31 Å². The van der Waals surface area contributed by atoms with E-state index in [4.69, 9.17) is 0 Å². The molecular formula is C9H18N2O4S. The molecule has 94 valence electrons. The highest BCUT2D eigenvalue weighted by Crippen LogP contribution is 2.10. The third-order valence-electron chi connectivity index (χ3n) is 2.40. The molecule has 0 bridgehead atoms. The summed E-state index contributed by atoms with van der Waals surface area (Å²) in [6.07, 6.45) is 0. The first-order valence-corrected chi connectivity index (χ1v) is 6.94. The van der Waals surface area contributed by atoms with Gasteiger partial charge in [-0.05, 0) is 13.8 Å². The lowest BCUT2D eigenvalue weighted by molar-refractivity contribution is -0.140. The number of carbonyl (C=O) groups excluding carboxylic acids is 1. The second-order valence-electron chi connectivity index (χ2n) is 3.73.